The zero-order valence-corrected chi connectivity index (χ0v) is 24.3. The van der Waals surface area contributed by atoms with Crippen LogP contribution in [0.1, 0.15) is 46.8 Å². The highest BCUT2D eigenvalue weighted by atomic mass is 31.2. The number of hydrogen-bond donors (Lipinski definition) is 0. The summed E-state index contributed by atoms with van der Waals surface area (Å²) in [6, 6.07) is 12.6. The van der Waals surface area contributed by atoms with Crippen LogP contribution in [0.15, 0.2) is 42.5 Å². The molecule has 1 aliphatic heterocycles. The molecule has 0 radical (unpaired) electrons. The van der Waals surface area contributed by atoms with Crippen molar-refractivity contribution in [1.29, 1.82) is 0 Å². The van der Waals surface area contributed by atoms with Crippen LogP contribution in [-0.2, 0) is 28.7 Å². The second-order valence-electron chi connectivity index (χ2n) is 10.7. The standard InChI is InChI=1S/C28H38N4O6P/c1-6-29-24-14-13-21(37-16-17-38-39(35,36)18-10-15-32(3,4)5)19-25(24)30(7-2)26(29)20-31-27(33)22-11-8-9-12-23(22)28(31)34/h8-9,11-14,19H,6-7,10,15-18,20H2,1-5H3/q+1. The molecule has 1 atom stereocenters. The number of carbonyl (C=O) groups excluding carboxylic acids is 2. The van der Waals surface area contributed by atoms with Crippen molar-refractivity contribution in [3.63, 3.8) is 0 Å². The average Bonchev–Trinajstić information content (AvgIpc) is 3.31. The monoisotopic (exact) mass is 557 g/mol. The molecule has 0 N–H and O–H groups in total. The lowest BCUT2D eigenvalue weighted by molar-refractivity contribution is -0.870. The summed E-state index contributed by atoms with van der Waals surface area (Å²) in [7, 11) is 2.15. The Kier molecular flexibility index (Phi) is 8.61. The van der Waals surface area contributed by atoms with Gasteiger partial charge in [-0.2, -0.15) is 0 Å². The van der Waals surface area contributed by atoms with E-state index in [-0.39, 0.29) is 37.7 Å². The van der Waals surface area contributed by atoms with Gasteiger partial charge in [-0.1, -0.05) is 12.1 Å². The number of benzene rings is 2. The molecule has 1 aliphatic rings. The van der Waals surface area contributed by atoms with Crippen molar-refractivity contribution in [1.82, 2.24) is 9.47 Å². The number of quaternary nitrogens is 1. The summed E-state index contributed by atoms with van der Waals surface area (Å²) in [5.41, 5.74) is 2.72. The fourth-order valence-electron chi connectivity index (χ4n) is 5.00. The molecule has 2 amide bonds. The molecule has 39 heavy (non-hydrogen) atoms. The van der Waals surface area contributed by atoms with Crippen molar-refractivity contribution in [2.45, 2.75) is 39.9 Å². The van der Waals surface area contributed by atoms with Gasteiger partial charge in [0, 0.05) is 18.6 Å². The minimum Gasteiger partial charge on any atom is -0.778 e. The number of imidazole rings is 1. The van der Waals surface area contributed by atoms with E-state index in [4.69, 9.17) is 9.26 Å². The van der Waals surface area contributed by atoms with Crippen LogP contribution in [-0.4, -0.2) is 72.8 Å². The van der Waals surface area contributed by atoms with Gasteiger partial charge in [0.15, 0.2) is 11.0 Å². The first-order valence-corrected chi connectivity index (χ1v) is 15.1. The molecule has 1 unspecified atom stereocenters. The Balaban J connectivity index is 1.46. The summed E-state index contributed by atoms with van der Waals surface area (Å²) in [5, 5.41) is 0. The normalized spacial score (nSPS) is 15.2. The molecule has 11 heteroatoms. The zero-order chi connectivity index (χ0) is 28.4. The molecule has 210 valence electrons. The largest absolute Gasteiger partial charge is 0.778 e. The first-order chi connectivity index (χ1) is 18.5. The summed E-state index contributed by atoms with van der Waals surface area (Å²) < 4.78 is 28.1. The van der Waals surface area contributed by atoms with Crippen LogP contribution in [0.25, 0.3) is 11.0 Å². The quantitative estimate of drug-likeness (QED) is 0.105. The van der Waals surface area contributed by atoms with E-state index < -0.39 is 7.60 Å². The number of amides is 2. The van der Waals surface area contributed by atoms with E-state index in [0.29, 0.717) is 40.9 Å². The Morgan fingerprint density at radius 3 is 2.26 bits per heavy atom. The molecule has 10 nitrogen and oxygen atoms in total. The van der Waals surface area contributed by atoms with Crippen LogP contribution in [0, 0.1) is 0 Å². The van der Waals surface area contributed by atoms with E-state index in [1.807, 2.05) is 53.2 Å². The van der Waals surface area contributed by atoms with Gasteiger partial charge in [-0.25, -0.2) is 9.13 Å². The number of rotatable bonds is 13. The number of aryl methyl sites for hydroxylation is 2. The predicted molar refractivity (Wildman–Crippen MR) is 146 cm³/mol. The molecule has 0 saturated heterocycles. The average molecular weight is 558 g/mol. The van der Waals surface area contributed by atoms with Crippen LogP contribution in [0.4, 0.5) is 0 Å². The molecule has 0 spiro atoms. The summed E-state index contributed by atoms with van der Waals surface area (Å²) in [5.74, 6) is 0.845. The Morgan fingerprint density at radius 2 is 1.67 bits per heavy atom. The second kappa shape index (κ2) is 11.6. The second-order valence-corrected chi connectivity index (χ2v) is 12.6. The van der Waals surface area contributed by atoms with E-state index in [9.17, 15) is 19.0 Å². The molecular formula is C28H38N4O6P+. The molecule has 0 fully saturated rings. The van der Waals surface area contributed by atoms with Crippen LogP contribution in [0.3, 0.4) is 0 Å². The van der Waals surface area contributed by atoms with Gasteiger partial charge in [0.1, 0.15) is 26.5 Å². The highest BCUT2D eigenvalue weighted by Crippen LogP contribution is 2.37. The van der Waals surface area contributed by atoms with Crippen LogP contribution < -0.4 is 14.2 Å². The predicted octanol–water partition coefficient (Wildman–Crippen LogP) is 2.81. The van der Waals surface area contributed by atoms with Crippen LogP contribution >= 0.6 is 7.60 Å². The van der Waals surface area contributed by atoms with E-state index in [0.717, 1.165) is 23.4 Å². The Hall–Kier alpha value is -3.04. The van der Waals surface area contributed by atoms with Crippen LogP contribution in [0.2, 0.25) is 0 Å². The van der Waals surface area contributed by atoms with E-state index >= 15 is 0 Å². The third-order valence-electron chi connectivity index (χ3n) is 6.86. The molecule has 0 aliphatic carbocycles. The Bertz CT molecular complexity index is 1390. The van der Waals surface area contributed by atoms with Crippen molar-refractivity contribution >= 4 is 30.4 Å². The third kappa shape index (κ3) is 6.41. The fourth-order valence-corrected chi connectivity index (χ4v) is 6.01. The maximum atomic E-state index is 13.0. The number of fused-ring (bicyclic) bond motifs is 2. The fraction of sp³-hybridized carbons (Fsp3) is 0.464. The Morgan fingerprint density at radius 1 is 1.00 bits per heavy atom. The molecule has 0 saturated carbocycles. The molecule has 1 aromatic heterocycles. The van der Waals surface area contributed by atoms with Crippen molar-refractivity contribution in [3.05, 3.63) is 59.4 Å². The van der Waals surface area contributed by atoms with Gasteiger partial charge >= 0.3 is 0 Å². The maximum absolute atomic E-state index is 13.0. The van der Waals surface area contributed by atoms with E-state index in [2.05, 4.69) is 9.13 Å². The number of nitrogens with zero attached hydrogens (tertiary/aromatic N) is 4. The first-order valence-electron chi connectivity index (χ1n) is 13.3. The van der Waals surface area contributed by atoms with Gasteiger partial charge in [-0.15, -0.1) is 0 Å². The molecule has 3 aromatic rings. The first kappa shape index (κ1) is 29.0. The summed E-state index contributed by atoms with van der Waals surface area (Å²) in [4.78, 5) is 39.5. The van der Waals surface area contributed by atoms with Gasteiger partial charge in [0.05, 0.1) is 58.5 Å². The van der Waals surface area contributed by atoms with Gasteiger partial charge < -0.3 is 23.2 Å². The maximum Gasteiger partial charge on any atom is 0.277 e. The van der Waals surface area contributed by atoms with Crippen molar-refractivity contribution in [2.75, 3.05) is 47.1 Å². The lowest BCUT2D eigenvalue weighted by atomic mass is 10.1. The third-order valence-corrected chi connectivity index (χ3v) is 8.30. The molecular weight excluding hydrogens is 519 g/mol. The minimum atomic E-state index is -3.91. The molecule has 4 rings (SSSR count). The highest BCUT2D eigenvalue weighted by molar-refractivity contribution is 7.51. The smallest absolute Gasteiger partial charge is 0.277 e. The summed E-state index contributed by atoms with van der Waals surface area (Å²) >= 11 is 0. The number of hydrogen-bond acceptors (Lipinski definition) is 6. The van der Waals surface area contributed by atoms with E-state index in [1.54, 1.807) is 24.3 Å². The van der Waals surface area contributed by atoms with Gasteiger partial charge in [-0.05, 0) is 38.1 Å². The van der Waals surface area contributed by atoms with Gasteiger partial charge in [-0.3, -0.25) is 14.5 Å². The topological polar surface area (TPSA) is 105 Å². The van der Waals surface area contributed by atoms with Crippen LogP contribution in [0.5, 0.6) is 5.75 Å². The SMILES string of the molecule is CCn1c(CN2C(=O)c3ccccc3C2=O)[n+](CC)c2ccc(OCCOP(=O)([O-])CCC[N+](C)(C)C)cc21. The van der Waals surface area contributed by atoms with Gasteiger partial charge in [0.2, 0.25) is 0 Å². The number of imide groups is 1. The lowest BCUT2D eigenvalue weighted by Crippen LogP contribution is -2.41. The van der Waals surface area contributed by atoms with Gasteiger partial charge in [0.25, 0.3) is 17.6 Å². The molecule has 0 bridgehead atoms. The highest BCUT2D eigenvalue weighted by Gasteiger charge is 2.38. The van der Waals surface area contributed by atoms with E-state index in [1.165, 1.54) is 4.90 Å². The zero-order valence-electron chi connectivity index (χ0n) is 23.4. The molecule has 2 aromatic carbocycles. The number of aromatic nitrogens is 2. The summed E-state index contributed by atoms with van der Waals surface area (Å²) in [6.45, 7) is 6.25. The number of ether oxygens (including phenoxy) is 1. The Labute approximate surface area is 229 Å². The molecule has 2 heterocycles. The minimum absolute atomic E-state index is 0.00535. The lowest BCUT2D eigenvalue weighted by Gasteiger charge is -2.27. The van der Waals surface area contributed by atoms with Crippen molar-refractivity contribution in [3.8, 4) is 5.75 Å². The van der Waals surface area contributed by atoms with Crippen molar-refractivity contribution in [2.24, 2.45) is 0 Å². The summed E-state index contributed by atoms with van der Waals surface area (Å²) in [6.07, 6.45) is 0.543. The number of carbonyl (C=O) groups is 2. The van der Waals surface area contributed by atoms with Crippen molar-refractivity contribution < 1.29 is 37.4 Å².